The Kier molecular flexibility index (Phi) is 6.18. The SMILES string of the molecule is C=C(C)[C@@H]1CCC([C@@H]2CC[C@@H]3C2=C[C@]2(C=O)[C@@H]4CC[C@@]2([C@H]3O)[C@@H](O)[C@]42CC[C@H](C(C)(C)O)[C@H]2O)[C@@H]1OC(C)=O. The van der Waals surface area contributed by atoms with Crippen LogP contribution in [-0.4, -0.2) is 62.7 Å². The van der Waals surface area contributed by atoms with E-state index in [4.69, 9.17) is 4.74 Å². The molecule has 7 heteroatoms. The van der Waals surface area contributed by atoms with Crippen LogP contribution in [0, 0.1) is 51.8 Å². The molecule has 0 heterocycles. The van der Waals surface area contributed by atoms with Gasteiger partial charge in [-0.15, -0.1) is 0 Å². The number of aliphatic hydroxyl groups excluding tert-OH is 3. The van der Waals surface area contributed by atoms with Crippen molar-refractivity contribution in [3.63, 3.8) is 0 Å². The minimum Gasteiger partial charge on any atom is -0.462 e. The first-order chi connectivity index (χ1) is 18.3. The summed E-state index contributed by atoms with van der Waals surface area (Å²) in [4.78, 5) is 25.4. The molecule has 216 valence electrons. The average Bonchev–Trinajstić information content (AvgIpc) is 3.62. The molecule has 0 aromatic heterocycles. The zero-order valence-corrected chi connectivity index (χ0v) is 23.8. The van der Waals surface area contributed by atoms with Crippen LogP contribution < -0.4 is 0 Å². The van der Waals surface area contributed by atoms with Crippen molar-refractivity contribution in [2.45, 2.75) is 109 Å². The summed E-state index contributed by atoms with van der Waals surface area (Å²) in [6.07, 6.45) is 5.61. The summed E-state index contributed by atoms with van der Waals surface area (Å²) in [5, 5.41) is 46.9. The highest BCUT2D eigenvalue weighted by Crippen LogP contribution is 2.80. The van der Waals surface area contributed by atoms with Gasteiger partial charge >= 0.3 is 5.97 Å². The number of hydrogen-bond donors (Lipinski definition) is 4. The van der Waals surface area contributed by atoms with Gasteiger partial charge in [-0.3, -0.25) is 4.79 Å². The Hall–Kier alpha value is -1.54. The topological polar surface area (TPSA) is 124 Å². The van der Waals surface area contributed by atoms with Crippen LogP contribution in [0.4, 0.5) is 0 Å². The predicted octanol–water partition coefficient (Wildman–Crippen LogP) is 3.33. The van der Waals surface area contributed by atoms with Crippen molar-refractivity contribution in [2.75, 3.05) is 0 Å². The van der Waals surface area contributed by atoms with Crippen LogP contribution in [0.25, 0.3) is 0 Å². The monoisotopic (exact) mass is 542 g/mol. The number of allylic oxidation sites excluding steroid dienone is 1. The van der Waals surface area contributed by atoms with Gasteiger partial charge in [0.1, 0.15) is 12.4 Å². The molecule has 0 aromatic rings. The Morgan fingerprint density at radius 3 is 2.31 bits per heavy atom. The quantitative estimate of drug-likeness (QED) is 0.239. The molecule has 0 saturated heterocycles. The number of esters is 1. The molecule has 6 aliphatic rings. The van der Waals surface area contributed by atoms with Gasteiger partial charge in [-0.25, -0.2) is 0 Å². The highest BCUT2D eigenvalue weighted by Gasteiger charge is 2.83. The molecule has 1 spiro atoms. The van der Waals surface area contributed by atoms with Crippen molar-refractivity contribution in [2.24, 2.45) is 51.8 Å². The second-order valence-corrected chi connectivity index (χ2v) is 14.6. The molecule has 5 fully saturated rings. The van der Waals surface area contributed by atoms with Gasteiger partial charge in [-0.2, -0.15) is 0 Å². The molecule has 0 amide bonds. The fraction of sp³-hybridized carbons (Fsp3) is 0.812. The summed E-state index contributed by atoms with van der Waals surface area (Å²) < 4.78 is 5.90. The Balaban J connectivity index is 1.43. The van der Waals surface area contributed by atoms with Gasteiger partial charge in [-0.1, -0.05) is 23.8 Å². The first kappa shape index (κ1) is 27.6. The van der Waals surface area contributed by atoms with E-state index < -0.39 is 46.1 Å². The Morgan fingerprint density at radius 1 is 1.03 bits per heavy atom. The van der Waals surface area contributed by atoms with E-state index in [1.54, 1.807) is 13.8 Å². The van der Waals surface area contributed by atoms with Crippen LogP contribution in [-0.2, 0) is 14.3 Å². The van der Waals surface area contributed by atoms with Gasteiger partial charge in [-0.05, 0) is 84.0 Å². The van der Waals surface area contributed by atoms with Crippen LogP contribution >= 0.6 is 0 Å². The van der Waals surface area contributed by atoms with Gasteiger partial charge in [0, 0.05) is 41.4 Å². The van der Waals surface area contributed by atoms with E-state index in [0.29, 0.717) is 25.7 Å². The fourth-order valence-corrected chi connectivity index (χ4v) is 11.4. The molecule has 0 radical (unpaired) electrons. The van der Waals surface area contributed by atoms with E-state index in [9.17, 15) is 30.0 Å². The van der Waals surface area contributed by atoms with Crippen LogP contribution in [0.1, 0.15) is 79.1 Å². The maximum Gasteiger partial charge on any atom is 0.302 e. The van der Waals surface area contributed by atoms with Crippen molar-refractivity contribution in [3.8, 4) is 0 Å². The van der Waals surface area contributed by atoms with Crippen LogP contribution in [0.3, 0.4) is 0 Å². The maximum atomic E-state index is 13.3. The molecule has 2 bridgehead atoms. The largest absolute Gasteiger partial charge is 0.462 e. The van der Waals surface area contributed by atoms with E-state index in [0.717, 1.165) is 43.1 Å². The Morgan fingerprint density at radius 2 is 1.72 bits per heavy atom. The van der Waals surface area contributed by atoms with Crippen molar-refractivity contribution in [1.29, 1.82) is 0 Å². The molecule has 5 saturated carbocycles. The van der Waals surface area contributed by atoms with Gasteiger partial charge in [0.25, 0.3) is 0 Å². The van der Waals surface area contributed by atoms with Crippen LogP contribution in [0.15, 0.2) is 23.8 Å². The molecule has 6 aliphatic carbocycles. The summed E-state index contributed by atoms with van der Waals surface area (Å²) in [5.74, 6) is -0.919. The number of aliphatic hydroxyl groups is 4. The smallest absolute Gasteiger partial charge is 0.302 e. The van der Waals surface area contributed by atoms with Crippen molar-refractivity contribution in [1.82, 2.24) is 0 Å². The van der Waals surface area contributed by atoms with Crippen LogP contribution in [0.5, 0.6) is 0 Å². The third-order valence-electron chi connectivity index (χ3n) is 12.8. The highest BCUT2D eigenvalue weighted by atomic mass is 16.5. The third kappa shape index (κ3) is 3.25. The normalized spacial score (nSPS) is 52.1. The third-order valence-corrected chi connectivity index (χ3v) is 12.8. The molecule has 4 N–H and O–H groups in total. The van der Waals surface area contributed by atoms with Gasteiger partial charge in [0.15, 0.2) is 0 Å². The minimum atomic E-state index is -1.12. The lowest BCUT2D eigenvalue weighted by Crippen LogP contribution is -2.59. The Bertz CT molecular complexity index is 1110. The molecule has 1 unspecified atom stereocenters. The molecule has 0 aromatic carbocycles. The summed E-state index contributed by atoms with van der Waals surface area (Å²) >= 11 is 0. The predicted molar refractivity (Wildman–Crippen MR) is 144 cm³/mol. The van der Waals surface area contributed by atoms with Crippen molar-refractivity contribution < 1.29 is 34.8 Å². The molecule has 7 nitrogen and oxygen atoms in total. The lowest BCUT2D eigenvalue weighted by atomic mass is 9.55. The average molecular weight is 543 g/mol. The second-order valence-electron chi connectivity index (χ2n) is 14.6. The summed E-state index contributed by atoms with van der Waals surface area (Å²) in [6.45, 7) is 11.0. The van der Waals surface area contributed by atoms with Gasteiger partial charge < -0.3 is 30.0 Å². The summed E-state index contributed by atoms with van der Waals surface area (Å²) in [5.41, 5.74) is -2.07. The van der Waals surface area contributed by atoms with Gasteiger partial charge in [0.05, 0.1) is 29.3 Å². The number of ether oxygens (including phenoxy) is 1. The summed E-state index contributed by atoms with van der Waals surface area (Å²) in [7, 11) is 0. The molecule has 6 rings (SSSR count). The zero-order valence-electron chi connectivity index (χ0n) is 23.8. The molecule has 0 aliphatic heterocycles. The van der Waals surface area contributed by atoms with E-state index in [1.807, 2.05) is 6.92 Å². The number of hydrogen-bond acceptors (Lipinski definition) is 7. The zero-order chi connectivity index (χ0) is 28.3. The molecule has 39 heavy (non-hydrogen) atoms. The minimum absolute atomic E-state index is 0.0817. The molecule has 13 atom stereocenters. The second kappa shape index (κ2) is 8.73. The number of fused-ring (bicyclic) bond motifs is 2. The van der Waals surface area contributed by atoms with E-state index in [2.05, 4.69) is 12.7 Å². The first-order valence-corrected chi connectivity index (χ1v) is 15.1. The lowest BCUT2D eigenvalue weighted by Gasteiger charge is -2.51. The number of rotatable bonds is 5. The number of carbonyl (C=O) groups excluding carboxylic acids is 2. The molecular weight excluding hydrogens is 496 g/mol. The van der Waals surface area contributed by atoms with Crippen LogP contribution in [0.2, 0.25) is 0 Å². The lowest BCUT2D eigenvalue weighted by molar-refractivity contribution is -0.170. The van der Waals surface area contributed by atoms with E-state index in [1.165, 1.54) is 6.92 Å². The van der Waals surface area contributed by atoms with E-state index in [-0.39, 0.29) is 41.7 Å². The van der Waals surface area contributed by atoms with Gasteiger partial charge in [0.2, 0.25) is 0 Å². The fourth-order valence-electron chi connectivity index (χ4n) is 11.4. The standard InChI is InChI=1S/C32H46O7/c1-16(2)18-6-8-20(25(18)39-17(3)34)19-7-9-21-22(19)14-30(15-33)24-11-13-32(30,26(21)35)28(37)31(24)12-10-23(27(31)36)29(4,5)38/h14-15,18-21,23-28,35-38H,1,6-13H2,2-5H3/t18-,19-,20?,21+,23-,24-,25+,26-,27+,28-,30-,31+,32+/m0/s1. The number of aldehydes is 1. The first-order valence-electron chi connectivity index (χ1n) is 15.1. The van der Waals surface area contributed by atoms with Crippen molar-refractivity contribution >= 4 is 12.3 Å². The highest BCUT2D eigenvalue weighted by molar-refractivity contribution is 5.71. The summed E-state index contributed by atoms with van der Waals surface area (Å²) in [6, 6.07) is 0. The maximum absolute atomic E-state index is 13.3. The Labute approximate surface area is 231 Å². The number of carbonyl (C=O) groups is 2. The van der Waals surface area contributed by atoms with Crippen molar-refractivity contribution in [3.05, 3.63) is 23.8 Å². The molecular formula is C32H46O7. The van der Waals surface area contributed by atoms with E-state index >= 15 is 0 Å².